The molecule has 0 saturated carbocycles. The molecule has 8 nitrogen and oxygen atoms in total. The zero-order valence-corrected chi connectivity index (χ0v) is 15.2. The first-order valence-electron chi connectivity index (χ1n) is 7.74. The van der Waals surface area contributed by atoms with Gasteiger partial charge in [0.05, 0.1) is 24.8 Å². The summed E-state index contributed by atoms with van der Waals surface area (Å²) in [6, 6.07) is 7.37. The predicted molar refractivity (Wildman–Crippen MR) is 99.3 cm³/mol. The van der Waals surface area contributed by atoms with Crippen molar-refractivity contribution in [1.82, 2.24) is 5.32 Å². The van der Waals surface area contributed by atoms with E-state index in [4.69, 9.17) is 9.47 Å². The van der Waals surface area contributed by atoms with E-state index in [1.807, 2.05) is 24.3 Å². The summed E-state index contributed by atoms with van der Waals surface area (Å²) in [7, 11) is 2.90. The Morgan fingerprint density at radius 3 is 2.69 bits per heavy atom. The fraction of sp³-hybridized carbons (Fsp3) is 0.294. The third-order valence-electron chi connectivity index (χ3n) is 3.10. The van der Waals surface area contributed by atoms with E-state index < -0.39 is 11.9 Å². The van der Waals surface area contributed by atoms with Crippen LogP contribution in [0.25, 0.3) is 0 Å². The Morgan fingerprint density at radius 2 is 2.00 bits per heavy atom. The monoisotopic (exact) mass is 377 g/mol. The number of nitrogens with one attached hydrogen (secondary N) is 1. The van der Waals surface area contributed by atoms with Crippen LogP contribution in [0, 0.1) is 0 Å². The maximum atomic E-state index is 11.7. The zero-order chi connectivity index (χ0) is 18.8. The number of esters is 1. The van der Waals surface area contributed by atoms with Crippen molar-refractivity contribution in [1.29, 1.82) is 0 Å². The second-order valence-electron chi connectivity index (χ2n) is 5.00. The van der Waals surface area contributed by atoms with E-state index in [2.05, 4.69) is 20.3 Å². The summed E-state index contributed by atoms with van der Waals surface area (Å²) in [5.41, 5.74) is 0.832. The van der Waals surface area contributed by atoms with Crippen LogP contribution in [0.2, 0.25) is 0 Å². The molecule has 1 aliphatic rings. The quantitative estimate of drug-likeness (QED) is 0.243. The van der Waals surface area contributed by atoms with Crippen LogP contribution in [-0.2, 0) is 19.1 Å². The summed E-state index contributed by atoms with van der Waals surface area (Å²) < 4.78 is 15.0. The average Bonchev–Trinajstić information content (AvgIpc) is 2.99. The van der Waals surface area contributed by atoms with E-state index in [0.29, 0.717) is 18.4 Å². The van der Waals surface area contributed by atoms with Gasteiger partial charge in [0.25, 0.3) is 5.91 Å². The molecule has 1 aromatic rings. The van der Waals surface area contributed by atoms with Crippen molar-refractivity contribution in [3.05, 3.63) is 40.8 Å². The fourth-order valence-corrected chi connectivity index (χ4v) is 2.57. The smallest absolute Gasteiger partial charge is 0.331 e. The van der Waals surface area contributed by atoms with Crippen molar-refractivity contribution in [3.8, 4) is 5.75 Å². The van der Waals surface area contributed by atoms with E-state index in [9.17, 15) is 9.59 Å². The van der Waals surface area contributed by atoms with Gasteiger partial charge < -0.3 is 14.2 Å². The molecule has 0 radical (unpaired) electrons. The molecule has 138 valence electrons. The minimum atomic E-state index is -0.600. The van der Waals surface area contributed by atoms with Crippen LogP contribution in [-0.4, -0.2) is 50.7 Å². The highest BCUT2D eigenvalue weighted by Crippen LogP contribution is 2.23. The number of methoxy groups -OCH3 is 2. The van der Waals surface area contributed by atoms with Gasteiger partial charge >= 0.3 is 5.97 Å². The molecular formula is C17H19N3O5S. The van der Waals surface area contributed by atoms with Crippen LogP contribution >= 0.6 is 11.8 Å². The Hall–Kier alpha value is -2.65. The Balaban J connectivity index is 1.88. The number of amides is 1. The largest absolute Gasteiger partial charge is 0.494 e. The second-order valence-corrected chi connectivity index (χ2v) is 6.03. The predicted octanol–water partition coefficient (Wildman–Crippen LogP) is 1.71. The summed E-state index contributed by atoms with van der Waals surface area (Å²) in [6.45, 7) is 1.25. The number of hydrogen-bond acceptors (Lipinski definition) is 8. The molecule has 9 heteroatoms. The fourth-order valence-electron chi connectivity index (χ4n) is 1.83. The first-order chi connectivity index (χ1) is 12.6. The maximum Gasteiger partial charge on any atom is 0.331 e. The molecule has 1 N–H and O–H groups in total. The van der Waals surface area contributed by atoms with Crippen LogP contribution in [0.1, 0.15) is 12.0 Å². The SMILES string of the molecule is COCCCOc1ccc(C=N/N=C2/NC(=O)/C(=C\C(=O)OC)S2)cc1. The number of rotatable bonds is 8. The number of benzene rings is 1. The normalized spacial score (nSPS) is 17.1. The Kier molecular flexibility index (Phi) is 7.84. The third-order valence-corrected chi connectivity index (χ3v) is 4.00. The lowest BCUT2D eigenvalue weighted by Gasteiger charge is -2.05. The lowest BCUT2D eigenvalue weighted by Crippen LogP contribution is -2.19. The van der Waals surface area contributed by atoms with Crippen molar-refractivity contribution >= 4 is 35.0 Å². The molecule has 0 unspecified atom stereocenters. The van der Waals surface area contributed by atoms with E-state index in [1.54, 1.807) is 13.3 Å². The minimum absolute atomic E-state index is 0.209. The van der Waals surface area contributed by atoms with Gasteiger partial charge in [-0.2, -0.15) is 5.10 Å². The molecular weight excluding hydrogens is 358 g/mol. The van der Waals surface area contributed by atoms with Gasteiger partial charge in [0.15, 0.2) is 5.17 Å². The molecule has 1 aromatic carbocycles. The summed E-state index contributed by atoms with van der Waals surface area (Å²) in [5, 5.41) is 10.7. The van der Waals surface area contributed by atoms with Gasteiger partial charge in [-0.25, -0.2) is 4.79 Å². The van der Waals surface area contributed by atoms with E-state index in [1.165, 1.54) is 7.11 Å². The highest BCUT2D eigenvalue weighted by Gasteiger charge is 2.24. The van der Waals surface area contributed by atoms with Crippen molar-refractivity contribution in [2.24, 2.45) is 10.2 Å². The Labute approximate surface area is 155 Å². The summed E-state index contributed by atoms with van der Waals surface area (Å²) in [4.78, 5) is 23.0. The number of ether oxygens (including phenoxy) is 3. The van der Waals surface area contributed by atoms with Gasteiger partial charge in [-0.1, -0.05) is 0 Å². The molecule has 0 aromatic heterocycles. The van der Waals surface area contributed by atoms with Gasteiger partial charge in [0.1, 0.15) is 5.75 Å². The van der Waals surface area contributed by atoms with Gasteiger partial charge in [0.2, 0.25) is 0 Å². The molecule has 2 rings (SSSR count). The number of amidine groups is 1. The van der Waals surface area contributed by atoms with Crippen LogP contribution in [0.15, 0.2) is 45.4 Å². The number of thioether (sulfide) groups is 1. The number of hydrogen-bond donors (Lipinski definition) is 1. The molecule has 0 atom stereocenters. The summed E-state index contributed by atoms with van der Waals surface area (Å²) >= 11 is 1.02. The van der Waals surface area contributed by atoms with E-state index in [-0.39, 0.29) is 4.91 Å². The molecule has 1 fully saturated rings. The lowest BCUT2D eigenvalue weighted by atomic mass is 10.2. The van der Waals surface area contributed by atoms with Gasteiger partial charge in [-0.05, 0) is 41.6 Å². The van der Waals surface area contributed by atoms with Gasteiger partial charge in [-0.15, -0.1) is 5.10 Å². The first kappa shape index (κ1) is 19.7. The lowest BCUT2D eigenvalue weighted by molar-refractivity contribution is -0.135. The minimum Gasteiger partial charge on any atom is -0.494 e. The Bertz CT molecular complexity index is 728. The van der Waals surface area contributed by atoms with Gasteiger partial charge in [-0.3, -0.25) is 10.1 Å². The van der Waals surface area contributed by atoms with Gasteiger partial charge in [0, 0.05) is 26.2 Å². The van der Waals surface area contributed by atoms with Crippen molar-refractivity contribution in [3.63, 3.8) is 0 Å². The second kappa shape index (κ2) is 10.4. The highest BCUT2D eigenvalue weighted by atomic mass is 32.2. The average molecular weight is 377 g/mol. The maximum absolute atomic E-state index is 11.7. The zero-order valence-electron chi connectivity index (χ0n) is 14.4. The van der Waals surface area contributed by atoms with E-state index >= 15 is 0 Å². The number of nitrogens with zero attached hydrogens (tertiary/aromatic N) is 2. The molecule has 0 spiro atoms. The molecule has 1 saturated heterocycles. The molecule has 26 heavy (non-hydrogen) atoms. The molecule has 1 aliphatic heterocycles. The van der Waals surface area contributed by atoms with Crippen LogP contribution < -0.4 is 10.1 Å². The Morgan fingerprint density at radius 1 is 1.23 bits per heavy atom. The standard InChI is InChI=1S/C17H19N3O5S/c1-23-8-3-9-25-13-6-4-12(5-7-13)11-18-20-17-19-16(22)14(26-17)10-15(21)24-2/h4-7,10-11H,3,8-9H2,1-2H3,(H,19,20,22)/b14-10+,18-11?. The summed E-state index contributed by atoms with van der Waals surface area (Å²) in [6.07, 6.45) is 3.49. The summed E-state index contributed by atoms with van der Waals surface area (Å²) in [5.74, 6) is -0.248. The van der Waals surface area contributed by atoms with E-state index in [0.717, 1.165) is 35.6 Å². The van der Waals surface area contributed by atoms with Crippen LogP contribution in [0.5, 0.6) is 5.75 Å². The molecule has 0 aliphatic carbocycles. The van der Waals surface area contributed by atoms with Crippen molar-refractivity contribution in [2.45, 2.75) is 6.42 Å². The topological polar surface area (TPSA) is 98.6 Å². The molecule has 1 amide bonds. The molecule has 0 bridgehead atoms. The highest BCUT2D eigenvalue weighted by molar-refractivity contribution is 8.18. The van der Waals surface area contributed by atoms with Crippen LogP contribution in [0.3, 0.4) is 0 Å². The first-order valence-corrected chi connectivity index (χ1v) is 8.55. The van der Waals surface area contributed by atoms with Crippen molar-refractivity contribution in [2.75, 3.05) is 27.4 Å². The number of carbonyl (C=O) groups is 2. The van der Waals surface area contributed by atoms with Crippen LogP contribution in [0.4, 0.5) is 0 Å². The van der Waals surface area contributed by atoms with Crippen molar-refractivity contribution < 1.29 is 23.8 Å². The number of carbonyl (C=O) groups excluding carboxylic acids is 2. The third kappa shape index (κ3) is 6.34. The molecule has 1 heterocycles.